The molecule has 0 unspecified atom stereocenters. The average molecular weight is 276 g/mol. The molecule has 0 spiro atoms. The van der Waals surface area contributed by atoms with Crippen LogP contribution in [0.1, 0.15) is 28.7 Å². The maximum Gasteiger partial charge on any atom is 0.373 e. The van der Waals surface area contributed by atoms with Crippen LogP contribution in [0.15, 0.2) is 22.6 Å². The van der Waals surface area contributed by atoms with E-state index in [-0.39, 0.29) is 17.3 Å². The van der Waals surface area contributed by atoms with Crippen molar-refractivity contribution in [3.05, 3.63) is 45.3 Å². The molecular weight excluding hydrogens is 264 g/mol. The van der Waals surface area contributed by atoms with Gasteiger partial charge in [0.05, 0.1) is 10.6 Å². The number of carboxylic acid groups (broad SMARTS) is 1. The van der Waals surface area contributed by atoms with Crippen molar-refractivity contribution in [1.82, 2.24) is 4.98 Å². The van der Waals surface area contributed by atoms with Crippen molar-refractivity contribution in [3.63, 3.8) is 0 Å². The third-order valence-corrected chi connectivity index (χ3v) is 2.89. The predicted molar refractivity (Wildman–Crippen MR) is 69.7 cm³/mol. The molecule has 0 radical (unpaired) electrons. The minimum absolute atomic E-state index is 0.0837. The van der Waals surface area contributed by atoms with Gasteiger partial charge in [0.15, 0.2) is 0 Å². The zero-order valence-electron chi connectivity index (χ0n) is 10.9. The largest absolute Gasteiger partial charge is 0.475 e. The van der Waals surface area contributed by atoms with Crippen molar-refractivity contribution in [3.8, 4) is 11.5 Å². The maximum absolute atomic E-state index is 11.0. The summed E-state index contributed by atoms with van der Waals surface area (Å²) < 4.78 is 5.24. The quantitative estimate of drug-likeness (QED) is 0.679. The van der Waals surface area contributed by atoms with Gasteiger partial charge in [0.25, 0.3) is 5.69 Å². The van der Waals surface area contributed by atoms with Gasteiger partial charge in [-0.15, -0.1) is 0 Å². The number of benzene rings is 1. The molecule has 2 aromatic rings. The number of rotatable bonds is 4. The summed E-state index contributed by atoms with van der Waals surface area (Å²) in [6.07, 6.45) is 0.402. The number of non-ortho nitro benzene ring substituents is 1. The van der Waals surface area contributed by atoms with Crippen LogP contribution in [0.3, 0.4) is 0 Å². The molecule has 20 heavy (non-hydrogen) atoms. The molecule has 0 saturated carbocycles. The molecular formula is C13H12N2O5. The molecule has 0 bridgehead atoms. The van der Waals surface area contributed by atoms with Gasteiger partial charge in [-0.1, -0.05) is 13.0 Å². The predicted octanol–water partition coefficient (Wildman–Crippen LogP) is 2.82. The van der Waals surface area contributed by atoms with Gasteiger partial charge in [-0.3, -0.25) is 10.1 Å². The number of nitro groups is 1. The van der Waals surface area contributed by atoms with Gasteiger partial charge in [-0.2, -0.15) is 0 Å². The van der Waals surface area contributed by atoms with Crippen LogP contribution in [0.4, 0.5) is 5.69 Å². The summed E-state index contributed by atoms with van der Waals surface area (Å²) in [5, 5.41) is 19.8. The molecule has 104 valence electrons. The first kappa shape index (κ1) is 13.7. The Morgan fingerprint density at radius 3 is 2.70 bits per heavy atom. The Hall–Kier alpha value is -2.70. The smallest absolute Gasteiger partial charge is 0.373 e. The molecule has 0 fully saturated rings. The monoisotopic (exact) mass is 276 g/mol. The van der Waals surface area contributed by atoms with E-state index >= 15 is 0 Å². The van der Waals surface area contributed by atoms with Gasteiger partial charge in [0.2, 0.25) is 11.7 Å². The number of carboxylic acids is 1. The highest BCUT2D eigenvalue weighted by Crippen LogP contribution is 2.28. The number of carbonyl (C=O) groups is 1. The van der Waals surface area contributed by atoms with Crippen LogP contribution in [0.2, 0.25) is 0 Å². The third-order valence-electron chi connectivity index (χ3n) is 2.89. The van der Waals surface area contributed by atoms with Crippen LogP contribution in [0.25, 0.3) is 11.5 Å². The molecule has 0 aliphatic rings. The Kier molecular flexibility index (Phi) is 3.51. The van der Waals surface area contributed by atoms with E-state index in [9.17, 15) is 14.9 Å². The van der Waals surface area contributed by atoms with E-state index in [1.807, 2.05) is 0 Å². The molecule has 0 saturated heterocycles. The molecule has 1 N–H and O–H groups in total. The number of aromatic nitrogens is 1. The second kappa shape index (κ2) is 5.12. The second-order valence-corrected chi connectivity index (χ2v) is 4.21. The number of hydrogen-bond acceptors (Lipinski definition) is 5. The van der Waals surface area contributed by atoms with Gasteiger partial charge in [-0.05, 0) is 18.9 Å². The Labute approximate surface area is 114 Å². The SMILES string of the molecule is CCc1nc(-c2cc([N+](=O)[O-])ccc2C)oc1C(=O)O. The van der Waals surface area contributed by atoms with Gasteiger partial charge in [-0.25, -0.2) is 9.78 Å². The molecule has 0 amide bonds. The van der Waals surface area contributed by atoms with Gasteiger partial charge >= 0.3 is 5.97 Å². The van der Waals surface area contributed by atoms with Crippen molar-refractivity contribution < 1.29 is 19.2 Å². The van der Waals surface area contributed by atoms with Crippen LogP contribution in [-0.4, -0.2) is 21.0 Å². The van der Waals surface area contributed by atoms with Crippen molar-refractivity contribution in [1.29, 1.82) is 0 Å². The fourth-order valence-electron chi connectivity index (χ4n) is 1.83. The van der Waals surface area contributed by atoms with Gasteiger partial charge in [0.1, 0.15) is 0 Å². The van der Waals surface area contributed by atoms with Crippen molar-refractivity contribution in [2.45, 2.75) is 20.3 Å². The summed E-state index contributed by atoms with van der Waals surface area (Å²) in [7, 11) is 0. The lowest BCUT2D eigenvalue weighted by Gasteiger charge is -2.00. The fourth-order valence-corrected chi connectivity index (χ4v) is 1.83. The average Bonchev–Trinajstić information content (AvgIpc) is 2.83. The Morgan fingerprint density at radius 2 is 2.20 bits per heavy atom. The van der Waals surface area contributed by atoms with Crippen LogP contribution in [0, 0.1) is 17.0 Å². The zero-order chi connectivity index (χ0) is 14.9. The van der Waals surface area contributed by atoms with Crippen LogP contribution < -0.4 is 0 Å². The molecule has 1 aromatic heterocycles. The van der Waals surface area contributed by atoms with Crippen molar-refractivity contribution >= 4 is 11.7 Å². The summed E-state index contributed by atoms with van der Waals surface area (Å²) in [6.45, 7) is 3.50. The topological polar surface area (TPSA) is 106 Å². The Morgan fingerprint density at radius 1 is 1.50 bits per heavy atom. The number of nitro benzene ring substituents is 1. The van der Waals surface area contributed by atoms with E-state index in [4.69, 9.17) is 9.52 Å². The first-order valence-corrected chi connectivity index (χ1v) is 5.92. The molecule has 0 atom stereocenters. The van der Waals surface area contributed by atoms with E-state index in [1.54, 1.807) is 19.9 Å². The summed E-state index contributed by atoms with van der Waals surface area (Å²) in [5.41, 5.74) is 1.36. The van der Waals surface area contributed by atoms with E-state index in [2.05, 4.69) is 4.98 Å². The fraction of sp³-hybridized carbons (Fsp3) is 0.231. The molecule has 2 rings (SSSR count). The second-order valence-electron chi connectivity index (χ2n) is 4.21. The van der Waals surface area contributed by atoms with Gasteiger partial charge < -0.3 is 9.52 Å². The number of aryl methyl sites for hydroxylation is 2. The van der Waals surface area contributed by atoms with Crippen LogP contribution >= 0.6 is 0 Å². The maximum atomic E-state index is 11.0. The standard InChI is InChI=1S/C13H12N2O5/c1-3-10-11(13(16)17)20-12(14-10)9-6-8(15(18)19)5-4-7(9)2/h4-6H,3H2,1-2H3,(H,16,17). The first-order chi connectivity index (χ1) is 9.43. The molecule has 0 aliphatic heterocycles. The van der Waals surface area contributed by atoms with E-state index < -0.39 is 10.9 Å². The van der Waals surface area contributed by atoms with Gasteiger partial charge in [0, 0.05) is 17.7 Å². The van der Waals surface area contributed by atoms with E-state index in [1.165, 1.54) is 12.1 Å². The molecule has 0 aliphatic carbocycles. The summed E-state index contributed by atoms with van der Waals surface area (Å²) in [4.78, 5) is 25.4. The minimum Gasteiger partial charge on any atom is -0.475 e. The summed E-state index contributed by atoms with van der Waals surface area (Å²) >= 11 is 0. The highest BCUT2D eigenvalue weighted by atomic mass is 16.6. The molecule has 1 heterocycles. The first-order valence-electron chi connectivity index (χ1n) is 5.92. The van der Waals surface area contributed by atoms with E-state index in [0.29, 0.717) is 17.7 Å². The van der Waals surface area contributed by atoms with Crippen LogP contribution in [-0.2, 0) is 6.42 Å². The minimum atomic E-state index is -1.20. The van der Waals surface area contributed by atoms with Crippen molar-refractivity contribution in [2.75, 3.05) is 0 Å². The van der Waals surface area contributed by atoms with E-state index in [0.717, 1.165) is 5.56 Å². The molecule has 1 aromatic carbocycles. The highest BCUT2D eigenvalue weighted by molar-refractivity contribution is 5.86. The Balaban J connectivity index is 2.59. The lowest BCUT2D eigenvalue weighted by atomic mass is 10.1. The third kappa shape index (κ3) is 2.37. The summed E-state index contributed by atoms with van der Waals surface area (Å²) in [5.74, 6) is -1.35. The number of oxazole rings is 1. The number of hydrogen-bond donors (Lipinski definition) is 1. The zero-order valence-corrected chi connectivity index (χ0v) is 10.9. The Bertz CT molecular complexity index is 690. The molecule has 7 nitrogen and oxygen atoms in total. The van der Waals surface area contributed by atoms with Crippen LogP contribution in [0.5, 0.6) is 0 Å². The molecule has 7 heteroatoms. The number of nitrogens with zero attached hydrogens (tertiary/aromatic N) is 2. The lowest BCUT2D eigenvalue weighted by molar-refractivity contribution is -0.384. The number of aromatic carboxylic acids is 1. The summed E-state index contributed by atoms with van der Waals surface area (Å²) in [6, 6.07) is 4.27. The normalized spacial score (nSPS) is 10.5. The highest BCUT2D eigenvalue weighted by Gasteiger charge is 2.21. The van der Waals surface area contributed by atoms with Crippen molar-refractivity contribution in [2.24, 2.45) is 0 Å². The lowest BCUT2D eigenvalue weighted by Crippen LogP contribution is -1.98.